The van der Waals surface area contributed by atoms with Gasteiger partial charge in [0.1, 0.15) is 6.29 Å². The van der Waals surface area contributed by atoms with Crippen molar-refractivity contribution in [3.8, 4) is 0 Å². The van der Waals surface area contributed by atoms with Gasteiger partial charge in [0, 0.05) is 0 Å². The van der Waals surface area contributed by atoms with Crippen LogP contribution in [0.15, 0.2) is 11.0 Å². The molecule has 1 aliphatic rings. The first kappa shape index (κ1) is 7.75. The summed E-state index contributed by atoms with van der Waals surface area (Å²) in [6, 6.07) is 0. The third-order valence-corrected chi connectivity index (χ3v) is 2.06. The molecule has 2 nitrogen and oxygen atoms in total. The minimum absolute atomic E-state index is 0.610. The van der Waals surface area contributed by atoms with Gasteiger partial charge in [0.15, 0.2) is 6.30 Å². The summed E-state index contributed by atoms with van der Waals surface area (Å²) < 4.78 is 15.1. The molecule has 1 rings (SSSR count). The van der Waals surface area contributed by atoms with E-state index in [0.29, 0.717) is 6.29 Å². The number of aldehydes is 1. The van der Waals surface area contributed by atoms with Gasteiger partial charge in [-0.3, -0.25) is 0 Å². The summed E-state index contributed by atoms with van der Waals surface area (Å²) in [5, 5.41) is 0. The van der Waals surface area contributed by atoms with Crippen molar-refractivity contribution in [3.05, 3.63) is 11.0 Å². The Bertz CT molecular complexity index is 171. The Labute approximate surface area is 63.0 Å². The fourth-order valence-corrected chi connectivity index (χ4v) is 1.41. The topological polar surface area (TPSA) is 29.1 Å². The van der Waals surface area contributed by atoms with Crippen LogP contribution >= 0.6 is 11.9 Å². The van der Waals surface area contributed by atoms with Gasteiger partial charge in [-0.25, -0.2) is 9.11 Å². The summed E-state index contributed by atoms with van der Waals surface area (Å²) >= 11 is 1.22. The summed E-state index contributed by atoms with van der Waals surface area (Å²) in [4.78, 5) is 11.1. The van der Waals surface area contributed by atoms with Crippen molar-refractivity contribution < 1.29 is 9.18 Å². The first-order chi connectivity index (χ1) is 4.74. The highest BCUT2D eigenvalue weighted by Crippen LogP contribution is 2.23. The monoisotopic (exact) mass is 161 g/mol. The lowest BCUT2D eigenvalue weighted by molar-refractivity contribution is -0.111. The second-order valence-electron chi connectivity index (χ2n) is 2.11. The van der Waals surface area contributed by atoms with E-state index in [4.69, 9.17) is 0 Å². The summed E-state index contributed by atoms with van der Waals surface area (Å²) in [6.45, 7) is 1.83. The Balaban J connectivity index is 2.67. The molecule has 0 radical (unpaired) electrons. The van der Waals surface area contributed by atoms with Crippen molar-refractivity contribution >= 4 is 18.2 Å². The maximum Gasteiger partial charge on any atom is 0.173 e. The zero-order valence-electron chi connectivity index (χ0n) is 5.50. The van der Waals surface area contributed by atoms with E-state index in [0.717, 1.165) is 4.91 Å². The van der Waals surface area contributed by atoms with Crippen molar-refractivity contribution in [2.45, 2.75) is 13.2 Å². The van der Waals surface area contributed by atoms with Crippen LogP contribution in [0.4, 0.5) is 4.39 Å². The smallest absolute Gasteiger partial charge is 0.173 e. The molecular formula is C6H8FNOS. The summed E-state index contributed by atoms with van der Waals surface area (Å²) in [5.74, 6) is -0.610. The highest BCUT2D eigenvalue weighted by atomic mass is 32.2. The molecule has 1 aliphatic heterocycles. The van der Waals surface area contributed by atoms with E-state index in [-0.39, 0.29) is 0 Å². The molecular weight excluding hydrogens is 153 g/mol. The highest BCUT2D eigenvalue weighted by Gasteiger charge is 2.21. The summed E-state index contributed by atoms with van der Waals surface area (Å²) in [6.07, 6.45) is 1.01. The lowest BCUT2D eigenvalue weighted by Gasteiger charge is -2.18. The van der Waals surface area contributed by atoms with Gasteiger partial charge in [-0.1, -0.05) is 6.08 Å². The lowest BCUT2D eigenvalue weighted by Crippen LogP contribution is -2.30. The number of carbonyl (C=O) groups is 1. The molecule has 0 spiro atoms. The van der Waals surface area contributed by atoms with E-state index in [1.54, 1.807) is 6.08 Å². The number of nitrogens with one attached hydrogen (secondary N) is 1. The molecule has 56 valence electrons. The zero-order valence-corrected chi connectivity index (χ0v) is 6.32. The molecule has 0 saturated heterocycles. The van der Waals surface area contributed by atoms with Gasteiger partial charge in [0.05, 0.1) is 5.92 Å². The third kappa shape index (κ3) is 1.58. The molecule has 0 aliphatic carbocycles. The predicted octanol–water partition coefficient (Wildman–Crippen LogP) is 1.25. The molecule has 0 saturated carbocycles. The van der Waals surface area contributed by atoms with Crippen LogP contribution in [0.25, 0.3) is 0 Å². The van der Waals surface area contributed by atoms with Crippen molar-refractivity contribution in [2.24, 2.45) is 5.92 Å². The normalized spacial score (nSPS) is 33.2. The van der Waals surface area contributed by atoms with Crippen LogP contribution in [0.1, 0.15) is 6.92 Å². The highest BCUT2D eigenvalue weighted by molar-refractivity contribution is 8.01. The van der Waals surface area contributed by atoms with Gasteiger partial charge in [0.2, 0.25) is 0 Å². The standard InChI is InChI=1S/C6H8FNOS/c1-4-2-5(3-9)6(7)8-10-4/h2-3,5-6,8H,1H3. The predicted molar refractivity (Wildman–Crippen MR) is 38.9 cm³/mol. The first-order valence-corrected chi connectivity index (χ1v) is 3.76. The Morgan fingerprint density at radius 3 is 3.10 bits per heavy atom. The van der Waals surface area contributed by atoms with Crippen LogP contribution in [0.5, 0.6) is 0 Å². The van der Waals surface area contributed by atoms with Crippen molar-refractivity contribution in [3.63, 3.8) is 0 Å². The van der Waals surface area contributed by atoms with E-state index >= 15 is 0 Å². The molecule has 2 atom stereocenters. The molecule has 0 aromatic heterocycles. The number of halogens is 1. The Morgan fingerprint density at radius 1 is 1.90 bits per heavy atom. The van der Waals surface area contributed by atoms with Crippen LogP contribution < -0.4 is 4.72 Å². The molecule has 1 heterocycles. The van der Waals surface area contributed by atoms with Crippen molar-refractivity contribution in [1.82, 2.24) is 4.72 Å². The molecule has 0 amide bonds. The van der Waals surface area contributed by atoms with Gasteiger partial charge >= 0.3 is 0 Å². The fourth-order valence-electron chi connectivity index (χ4n) is 0.726. The summed E-state index contributed by atoms with van der Waals surface area (Å²) in [7, 11) is 0. The molecule has 0 aromatic rings. The molecule has 2 unspecified atom stereocenters. The van der Waals surface area contributed by atoms with Gasteiger partial charge in [0.25, 0.3) is 0 Å². The number of allylic oxidation sites excluding steroid dienone is 1. The summed E-state index contributed by atoms with van der Waals surface area (Å²) in [5.41, 5.74) is 0. The molecule has 0 aromatic carbocycles. The van der Waals surface area contributed by atoms with Crippen LogP contribution in [-0.2, 0) is 4.79 Å². The van der Waals surface area contributed by atoms with Crippen LogP contribution in [-0.4, -0.2) is 12.6 Å². The number of carbonyl (C=O) groups excluding carboxylic acids is 1. The van der Waals surface area contributed by atoms with Crippen molar-refractivity contribution in [1.29, 1.82) is 0 Å². The van der Waals surface area contributed by atoms with Crippen LogP contribution in [0.2, 0.25) is 0 Å². The molecule has 0 fully saturated rings. The first-order valence-electron chi connectivity index (χ1n) is 2.94. The average Bonchev–Trinajstić information content (AvgIpc) is 1.94. The SMILES string of the molecule is CC1=CC(C=O)C(F)NS1. The fraction of sp³-hybridized carbons (Fsp3) is 0.500. The molecule has 1 N–H and O–H groups in total. The second kappa shape index (κ2) is 3.16. The van der Waals surface area contributed by atoms with Crippen LogP contribution in [0.3, 0.4) is 0 Å². The van der Waals surface area contributed by atoms with E-state index < -0.39 is 12.2 Å². The average molecular weight is 161 g/mol. The minimum Gasteiger partial charge on any atom is -0.303 e. The largest absolute Gasteiger partial charge is 0.303 e. The maximum absolute atomic E-state index is 12.6. The number of hydrogen-bond donors (Lipinski definition) is 1. The van der Waals surface area contributed by atoms with Gasteiger partial charge in [-0.15, -0.1) is 0 Å². The maximum atomic E-state index is 12.6. The van der Waals surface area contributed by atoms with Crippen LogP contribution in [0, 0.1) is 5.92 Å². The number of rotatable bonds is 1. The van der Waals surface area contributed by atoms with E-state index in [9.17, 15) is 9.18 Å². The molecule has 0 bridgehead atoms. The Kier molecular flexibility index (Phi) is 2.45. The molecule has 4 heteroatoms. The Morgan fingerprint density at radius 2 is 2.60 bits per heavy atom. The quantitative estimate of drug-likeness (QED) is 0.356. The number of alkyl halides is 1. The number of hydrogen-bond acceptors (Lipinski definition) is 3. The van der Waals surface area contributed by atoms with E-state index in [1.165, 1.54) is 11.9 Å². The second-order valence-corrected chi connectivity index (χ2v) is 3.20. The van der Waals surface area contributed by atoms with Gasteiger partial charge in [-0.05, 0) is 23.8 Å². The molecule has 10 heavy (non-hydrogen) atoms. The third-order valence-electron chi connectivity index (χ3n) is 1.25. The Hall–Kier alpha value is -0.350. The van der Waals surface area contributed by atoms with Gasteiger partial charge < -0.3 is 4.79 Å². The lowest BCUT2D eigenvalue weighted by atomic mass is 10.1. The van der Waals surface area contributed by atoms with Gasteiger partial charge in [-0.2, -0.15) is 0 Å². The zero-order chi connectivity index (χ0) is 7.56. The van der Waals surface area contributed by atoms with E-state index in [1.807, 2.05) is 6.92 Å². The minimum atomic E-state index is -1.23. The van der Waals surface area contributed by atoms with E-state index in [2.05, 4.69) is 4.72 Å². The van der Waals surface area contributed by atoms with Crippen molar-refractivity contribution in [2.75, 3.05) is 0 Å².